The van der Waals surface area contributed by atoms with E-state index < -0.39 is 0 Å². The molecule has 1 fully saturated rings. The zero-order chi connectivity index (χ0) is 16.9. The number of halogens is 1. The molecule has 2 aromatic rings. The summed E-state index contributed by atoms with van der Waals surface area (Å²) in [4.78, 5) is 15.2. The van der Waals surface area contributed by atoms with Gasteiger partial charge in [-0.25, -0.2) is 0 Å². The SMILES string of the molecule is CC1(C)CC2C(c3ccccc3)=C(c3ccc(Cl)cc3)C(=O)N2C1. The summed E-state index contributed by atoms with van der Waals surface area (Å²) in [5.41, 5.74) is 4.25. The van der Waals surface area contributed by atoms with E-state index in [1.54, 1.807) is 0 Å². The van der Waals surface area contributed by atoms with E-state index in [-0.39, 0.29) is 17.4 Å². The van der Waals surface area contributed by atoms with Crippen molar-refractivity contribution in [3.63, 3.8) is 0 Å². The first-order chi connectivity index (χ1) is 11.5. The highest BCUT2D eigenvalue weighted by Gasteiger charge is 2.48. The minimum absolute atomic E-state index is 0.145. The second-order valence-corrected chi connectivity index (χ2v) is 7.92. The maximum Gasteiger partial charge on any atom is 0.255 e. The number of fused-ring (bicyclic) bond motifs is 1. The Morgan fingerprint density at radius 1 is 1.00 bits per heavy atom. The summed E-state index contributed by atoms with van der Waals surface area (Å²) in [6, 6.07) is 18.1. The number of amides is 1. The molecule has 2 aromatic carbocycles. The van der Waals surface area contributed by atoms with Gasteiger partial charge in [0.15, 0.2) is 0 Å². The van der Waals surface area contributed by atoms with Gasteiger partial charge in [-0.2, -0.15) is 0 Å². The van der Waals surface area contributed by atoms with Crippen LogP contribution in [0.3, 0.4) is 0 Å². The molecule has 0 radical (unpaired) electrons. The lowest BCUT2D eigenvalue weighted by atomic mass is 9.84. The Morgan fingerprint density at radius 3 is 2.33 bits per heavy atom. The van der Waals surface area contributed by atoms with Gasteiger partial charge in [0.25, 0.3) is 5.91 Å². The van der Waals surface area contributed by atoms with Crippen LogP contribution < -0.4 is 0 Å². The third-order valence-corrected chi connectivity index (χ3v) is 5.27. The summed E-state index contributed by atoms with van der Waals surface area (Å²) in [6.07, 6.45) is 1.00. The molecule has 1 atom stereocenters. The Kier molecular flexibility index (Phi) is 3.54. The molecule has 0 aliphatic carbocycles. The fraction of sp³-hybridized carbons (Fsp3) is 0.286. The second-order valence-electron chi connectivity index (χ2n) is 7.48. The molecule has 0 N–H and O–H groups in total. The summed E-state index contributed by atoms with van der Waals surface area (Å²) in [6.45, 7) is 5.29. The lowest BCUT2D eigenvalue weighted by Crippen LogP contribution is -2.31. The van der Waals surface area contributed by atoms with Gasteiger partial charge in [0.2, 0.25) is 0 Å². The van der Waals surface area contributed by atoms with Crippen molar-refractivity contribution in [2.75, 3.05) is 6.54 Å². The predicted octanol–water partition coefficient (Wildman–Crippen LogP) is 4.89. The standard InChI is InChI=1S/C21H20ClNO/c1-21(2)12-17-18(14-6-4-3-5-7-14)19(20(24)23(17)13-21)15-8-10-16(22)11-9-15/h3-11,17H,12-13H2,1-2H3. The van der Waals surface area contributed by atoms with Crippen LogP contribution in [-0.4, -0.2) is 23.4 Å². The summed E-state index contributed by atoms with van der Waals surface area (Å²) in [5, 5.41) is 0.688. The second kappa shape index (κ2) is 5.49. The lowest BCUT2D eigenvalue weighted by molar-refractivity contribution is -0.124. The molecular formula is C21H20ClNO. The molecule has 0 spiro atoms. The molecule has 2 aliphatic heterocycles. The van der Waals surface area contributed by atoms with E-state index >= 15 is 0 Å². The fourth-order valence-corrected chi connectivity index (χ4v) is 4.14. The largest absolute Gasteiger partial charge is 0.331 e. The Morgan fingerprint density at radius 2 is 1.67 bits per heavy atom. The van der Waals surface area contributed by atoms with Gasteiger partial charge in [0, 0.05) is 11.6 Å². The van der Waals surface area contributed by atoms with E-state index in [0.29, 0.717) is 5.02 Å². The number of carbonyl (C=O) groups is 1. The molecule has 2 heterocycles. The van der Waals surface area contributed by atoms with E-state index in [9.17, 15) is 4.79 Å². The Labute approximate surface area is 147 Å². The summed E-state index contributed by atoms with van der Waals surface area (Å²) >= 11 is 6.03. The summed E-state index contributed by atoms with van der Waals surface area (Å²) < 4.78 is 0. The van der Waals surface area contributed by atoms with E-state index in [0.717, 1.165) is 35.2 Å². The minimum Gasteiger partial charge on any atom is -0.331 e. The first-order valence-corrected chi connectivity index (χ1v) is 8.71. The van der Waals surface area contributed by atoms with E-state index in [4.69, 9.17) is 11.6 Å². The van der Waals surface area contributed by atoms with Gasteiger partial charge in [-0.05, 0) is 40.7 Å². The third-order valence-electron chi connectivity index (χ3n) is 5.02. The predicted molar refractivity (Wildman–Crippen MR) is 98.6 cm³/mol. The maximum atomic E-state index is 13.2. The molecular weight excluding hydrogens is 318 g/mol. The van der Waals surface area contributed by atoms with Crippen molar-refractivity contribution in [3.05, 3.63) is 70.7 Å². The Bertz CT molecular complexity index is 821. The van der Waals surface area contributed by atoms with Crippen LogP contribution in [-0.2, 0) is 4.79 Å². The minimum atomic E-state index is 0.145. The molecule has 1 amide bonds. The number of carbonyl (C=O) groups excluding carboxylic acids is 1. The van der Waals surface area contributed by atoms with Crippen LogP contribution in [0.2, 0.25) is 5.02 Å². The molecule has 3 heteroatoms. The molecule has 2 nitrogen and oxygen atoms in total. The van der Waals surface area contributed by atoms with E-state index in [2.05, 4.69) is 26.0 Å². The van der Waals surface area contributed by atoms with Crippen LogP contribution >= 0.6 is 11.6 Å². The van der Waals surface area contributed by atoms with Crippen LogP contribution in [0.5, 0.6) is 0 Å². The molecule has 0 bridgehead atoms. The molecule has 1 saturated heterocycles. The lowest BCUT2D eigenvalue weighted by Gasteiger charge is -2.19. The number of hydrogen-bond donors (Lipinski definition) is 0. The van der Waals surface area contributed by atoms with Crippen molar-refractivity contribution < 1.29 is 4.79 Å². The molecule has 2 aliphatic rings. The number of benzene rings is 2. The first kappa shape index (κ1) is 15.5. The van der Waals surface area contributed by atoms with E-state index in [1.807, 2.05) is 47.4 Å². The fourth-order valence-electron chi connectivity index (χ4n) is 4.02. The molecule has 1 unspecified atom stereocenters. The van der Waals surface area contributed by atoms with Gasteiger partial charge in [-0.1, -0.05) is 67.9 Å². The molecule has 0 aromatic heterocycles. The van der Waals surface area contributed by atoms with Crippen molar-refractivity contribution in [1.82, 2.24) is 4.90 Å². The zero-order valence-corrected chi connectivity index (χ0v) is 14.7. The smallest absolute Gasteiger partial charge is 0.255 e. The monoisotopic (exact) mass is 337 g/mol. The average Bonchev–Trinajstić information content (AvgIpc) is 3.01. The highest BCUT2D eigenvalue weighted by atomic mass is 35.5. The molecule has 24 heavy (non-hydrogen) atoms. The molecule has 122 valence electrons. The van der Waals surface area contributed by atoms with Crippen LogP contribution in [0.1, 0.15) is 31.4 Å². The first-order valence-electron chi connectivity index (χ1n) is 8.33. The van der Waals surface area contributed by atoms with Crippen molar-refractivity contribution in [3.8, 4) is 0 Å². The van der Waals surface area contributed by atoms with Gasteiger partial charge < -0.3 is 4.90 Å². The van der Waals surface area contributed by atoms with Gasteiger partial charge in [-0.3, -0.25) is 4.79 Å². The van der Waals surface area contributed by atoms with Crippen molar-refractivity contribution in [2.24, 2.45) is 5.41 Å². The van der Waals surface area contributed by atoms with Crippen LogP contribution in [0.25, 0.3) is 11.1 Å². The maximum absolute atomic E-state index is 13.2. The number of rotatable bonds is 2. The quantitative estimate of drug-likeness (QED) is 0.764. The van der Waals surface area contributed by atoms with Crippen molar-refractivity contribution in [2.45, 2.75) is 26.3 Å². The van der Waals surface area contributed by atoms with Gasteiger partial charge >= 0.3 is 0 Å². The zero-order valence-electron chi connectivity index (χ0n) is 13.9. The molecule has 4 rings (SSSR count). The van der Waals surface area contributed by atoms with Crippen LogP contribution in [0.4, 0.5) is 0 Å². The van der Waals surface area contributed by atoms with Crippen LogP contribution in [0.15, 0.2) is 54.6 Å². The summed E-state index contributed by atoms with van der Waals surface area (Å²) in [5.74, 6) is 0.145. The highest BCUT2D eigenvalue weighted by Crippen LogP contribution is 2.48. The normalized spacial score (nSPS) is 22.2. The van der Waals surface area contributed by atoms with Gasteiger partial charge in [0.1, 0.15) is 0 Å². The number of hydrogen-bond acceptors (Lipinski definition) is 1. The average molecular weight is 338 g/mol. The Balaban J connectivity index is 1.91. The summed E-state index contributed by atoms with van der Waals surface area (Å²) in [7, 11) is 0. The third kappa shape index (κ3) is 2.46. The number of nitrogens with zero attached hydrogens (tertiary/aromatic N) is 1. The Hall–Kier alpha value is -2.06. The van der Waals surface area contributed by atoms with Crippen molar-refractivity contribution in [1.29, 1.82) is 0 Å². The van der Waals surface area contributed by atoms with Crippen LogP contribution in [0, 0.1) is 5.41 Å². The van der Waals surface area contributed by atoms with E-state index in [1.165, 1.54) is 0 Å². The molecule has 0 saturated carbocycles. The van der Waals surface area contributed by atoms with Crippen molar-refractivity contribution >= 4 is 28.7 Å². The topological polar surface area (TPSA) is 20.3 Å². The highest BCUT2D eigenvalue weighted by molar-refractivity contribution is 6.32. The van der Waals surface area contributed by atoms with Gasteiger partial charge in [-0.15, -0.1) is 0 Å². The van der Waals surface area contributed by atoms with Gasteiger partial charge in [0.05, 0.1) is 11.6 Å².